The molecule has 0 unspecified atom stereocenters. The van der Waals surface area contributed by atoms with Crippen LogP contribution in [0.3, 0.4) is 0 Å². The molecule has 0 aliphatic rings. The van der Waals surface area contributed by atoms with Gasteiger partial charge in [-0.1, -0.05) is 19.9 Å². The van der Waals surface area contributed by atoms with E-state index in [0.29, 0.717) is 5.57 Å². The van der Waals surface area contributed by atoms with Crippen molar-refractivity contribution >= 4 is 23.6 Å². The first-order valence-corrected chi connectivity index (χ1v) is 10.1. The maximum absolute atomic E-state index is 11.4. The summed E-state index contributed by atoms with van der Waals surface area (Å²) in [4.78, 5) is 11.4. The fourth-order valence-corrected chi connectivity index (χ4v) is 5.06. The van der Waals surface area contributed by atoms with Crippen molar-refractivity contribution in [3.63, 3.8) is 0 Å². The number of hydrogen-bond acceptors (Lipinski definition) is 3. The fraction of sp³-hybridized carbons (Fsp3) is 0.700. The van der Waals surface area contributed by atoms with E-state index in [-0.39, 0.29) is 5.97 Å². The van der Waals surface area contributed by atoms with Crippen LogP contribution < -0.4 is 0 Å². The van der Waals surface area contributed by atoms with Gasteiger partial charge in [-0.25, -0.2) is 4.79 Å². The molecule has 0 aliphatic heterocycles. The predicted molar refractivity (Wildman–Crippen MR) is 66.2 cm³/mol. The quantitative estimate of drug-likeness (QED) is 0.533. The van der Waals surface area contributed by atoms with Gasteiger partial charge in [-0.05, 0) is 26.6 Å². The molecule has 0 N–H and O–H groups in total. The van der Waals surface area contributed by atoms with E-state index < -0.39 is 17.6 Å². The van der Waals surface area contributed by atoms with Crippen molar-refractivity contribution in [3.8, 4) is 0 Å². The minimum atomic E-state index is -1.62. The Bertz CT molecular complexity index is 233. The third-order valence-electron chi connectivity index (χ3n) is 1.43. The Kier molecular flexibility index (Phi) is 6.08. The van der Waals surface area contributed by atoms with Gasteiger partial charge in [-0.3, -0.25) is 0 Å². The summed E-state index contributed by atoms with van der Waals surface area (Å²) in [7, 11) is -3.07. The Morgan fingerprint density at radius 2 is 1.93 bits per heavy atom. The number of carbonyl (C=O) groups is 1. The Morgan fingerprint density at radius 3 is 2.27 bits per heavy atom. The summed E-state index contributed by atoms with van der Waals surface area (Å²) in [6, 6.07) is 0.841. The molecule has 0 saturated heterocycles. The molecular weight excluding hydrogens is 224 g/mol. The lowest BCUT2D eigenvalue weighted by molar-refractivity contribution is -0.131. The largest absolute Gasteiger partial charge is 0.489 e. The van der Waals surface area contributed by atoms with Crippen molar-refractivity contribution in [2.45, 2.75) is 46.0 Å². The highest BCUT2D eigenvalue weighted by Crippen LogP contribution is 2.11. The van der Waals surface area contributed by atoms with E-state index >= 15 is 0 Å². The monoisotopic (exact) mass is 245 g/mol. The van der Waals surface area contributed by atoms with E-state index in [1.807, 2.05) is 0 Å². The zero-order valence-electron chi connectivity index (χ0n) is 10.3. The van der Waals surface area contributed by atoms with Crippen molar-refractivity contribution in [2.75, 3.05) is 0 Å². The maximum atomic E-state index is 11.4. The molecular formula is C10H21O3Si2. The van der Waals surface area contributed by atoms with Gasteiger partial charge < -0.3 is 8.54 Å². The predicted octanol–water partition coefficient (Wildman–Crippen LogP) is 2.86. The Morgan fingerprint density at radius 1 is 1.40 bits per heavy atom. The first-order chi connectivity index (χ1) is 6.76. The Labute approximate surface area is 95.5 Å². The SMILES string of the molecule is C=C(C)C(=O)O[Si](CCC)O[Si](C)(C)C. The average Bonchev–Trinajstić information content (AvgIpc) is 2.00. The first-order valence-electron chi connectivity index (χ1n) is 5.18. The molecule has 0 rings (SSSR count). The lowest BCUT2D eigenvalue weighted by Gasteiger charge is -2.23. The van der Waals surface area contributed by atoms with Crippen LogP contribution in [0, 0.1) is 0 Å². The van der Waals surface area contributed by atoms with Crippen LogP contribution in [-0.4, -0.2) is 23.6 Å². The molecule has 0 bridgehead atoms. The standard InChI is InChI=1S/C10H21O3Si2/c1-7-8-14(13-15(4,5)6)12-10(11)9(2)3/h2,7-8H2,1,3-6H3. The van der Waals surface area contributed by atoms with E-state index in [9.17, 15) is 4.79 Å². The third kappa shape index (κ3) is 7.52. The molecule has 0 saturated carbocycles. The highest BCUT2D eigenvalue weighted by atomic mass is 28.4. The molecule has 0 aromatic heterocycles. The number of carbonyl (C=O) groups excluding carboxylic acids is 1. The van der Waals surface area contributed by atoms with Gasteiger partial charge >= 0.3 is 15.3 Å². The molecule has 0 aromatic rings. The summed E-state index contributed by atoms with van der Waals surface area (Å²) in [6.45, 7) is 13.6. The second-order valence-electron chi connectivity index (χ2n) is 4.51. The van der Waals surface area contributed by atoms with Gasteiger partial charge in [0.1, 0.15) is 0 Å². The van der Waals surface area contributed by atoms with Gasteiger partial charge in [0.05, 0.1) is 0 Å². The molecule has 15 heavy (non-hydrogen) atoms. The van der Waals surface area contributed by atoms with E-state index in [1.54, 1.807) is 6.92 Å². The topological polar surface area (TPSA) is 35.5 Å². The Balaban J connectivity index is 4.28. The Hall–Kier alpha value is -0.396. The van der Waals surface area contributed by atoms with E-state index in [0.717, 1.165) is 12.5 Å². The highest BCUT2D eigenvalue weighted by Gasteiger charge is 2.27. The van der Waals surface area contributed by atoms with Crippen LogP contribution in [-0.2, 0) is 13.3 Å². The van der Waals surface area contributed by atoms with Crippen molar-refractivity contribution in [2.24, 2.45) is 0 Å². The summed E-state index contributed by atoms with van der Waals surface area (Å²) < 4.78 is 11.2. The van der Waals surface area contributed by atoms with Gasteiger partial charge in [0.25, 0.3) is 0 Å². The number of rotatable bonds is 6. The molecule has 1 radical (unpaired) electrons. The van der Waals surface area contributed by atoms with E-state index in [2.05, 4.69) is 33.1 Å². The van der Waals surface area contributed by atoms with Crippen molar-refractivity contribution in [1.82, 2.24) is 0 Å². The molecule has 0 amide bonds. The summed E-state index contributed by atoms with van der Waals surface area (Å²) in [5, 5.41) is 0. The lowest BCUT2D eigenvalue weighted by atomic mass is 10.4. The smallest absolute Gasteiger partial charge is 0.449 e. The first kappa shape index (κ1) is 14.6. The third-order valence-corrected chi connectivity index (χ3v) is 6.11. The highest BCUT2D eigenvalue weighted by molar-refractivity contribution is 6.76. The van der Waals surface area contributed by atoms with Crippen molar-refractivity contribution in [1.29, 1.82) is 0 Å². The van der Waals surface area contributed by atoms with Gasteiger partial charge in [0.2, 0.25) is 0 Å². The second-order valence-corrected chi connectivity index (χ2v) is 11.0. The second kappa shape index (κ2) is 6.24. The van der Waals surface area contributed by atoms with Crippen LogP contribution in [0.4, 0.5) is 0 Å². The summed E-state index contributed by atoms with van der Waals surface area (Å²) in [5.74, 6) is -0.324. The van der Waals surface area contributed by atoms with Crippen LogP contribution in [0.15, 0.2) is 12.2 Å². The summed E-state index contributed by atoms with van der Waals surface area (Å²) in [6.07, 6.45) is 0.974. The van der Waals surface area contributed by atoms with Crippen LogP contribution in [0.2, 0.25) is 25.7 Å². The molecule has 0 spiro atoms. The molecule has 0 heterocycles. The van der Waals surface area contributed by atoms with Crippen LogP contribution in [0.25, 0.3) is 0 Å². The van der Waals surface area contributed by atoms with Crippen LogP contribution in [0.1, 0.15) is 20.3 Å². The number of hydrogen-bond donors (Lipinski definition) is 0. The van der Waals surface area contributed by atoms with Crippen LogP contribution in [0.5, 0.6) is 0 Å². The maximum Gasteiger partial charge on any atom is 0.449 e. The van der Waals surface area contributed by atoms with Gasteiger partial charge in [-0.2, -0.15) is 0 Å². The van der Waals surface area contributed by atoms with Gasteiger partial charge in [0, 0.05) is 11.6 Å². The zero-order valence-corrected chi connectivity index (χ0v) is 12.3. The normalized spacial score (nSPS) is 11.6. The van der Waals surface area contributed by atoms with Crippen molar-refractivity contribution < 1.29 is 13.3 Å². The summed E-state index contributed by atoms with van der Waals surface area (Å²) in [5.41, 5.74) is 0.438. The van der Waals surface area contributed by atoms with Crippen LogP contribution >= 0.6 is 0 Å². The fourth-order valence-electron chi connectivity index (χ4n) is 0.859. The average molecular weight is 245 g/mol. The summed E-state index contributed by atoms with van der Waals surface area (Å²) >= 11 is 0. The molecule has 0 fully saturated rings. The lowest BCUT2D eigenvalue weighted by Crippen LogP contribution is -2.38. The van der Waals surface area contributed by atoms with E-state index in [4.69, 9.17) is 8.54 Å². The van der Waals surface area contributed by atoms with Crippen molar-refractivity contribution in [3.05, 3.63) is 12.2 Å². The van der Waals surface area contributed by atoms with E-state index in [1.165, 1.54) is 0 Å². The van der Waals surface area contributed by atoms with Gasteiger partial charge in [-0.15, -0.1) is 0 Å². The van der Waals surface area contributed by atoms with Gasteiger partial charge in [0.15, 0.2) is 8.32 Å². The minimum Gasteiger partial charge on any atom is -0.489 e. The molecule has 0 aromatic carbocycles. The minimum absolute atomic E-state index is 0.324. The molecule has 3 nitrogen and oxygen atoms in total. The molecule has 0 atom stereocenters. The molecule has 87 valence electrons. The zero-order chi connectivity index (χ0) is 12.1. The molecule has 5 heteroatoms. The molecule has 0 aliphatic carbocycles.